The predicted octanol–water partition coefficient (Wildman–Crippen LogP) is 4.48. The molecule has 0 atom stereocenters. The van der Waals surface area contributed by atoms with Crippen LogP contribution in [0.1, 0.15) is 11.1 Å². The Bertz CT molecular complexity index is 488. The number of hydrogen-bond acceptors (Lipinski definition) is 1. The third-order valence-electron chi connectivity index (χ3n) is 2.36. The Morgan fingerprint density at radius 3 is 2.47 bits per heavy atom. The molecule has 2 aromatic carbocycles. The molecule has 0 radical (unpaired) electrons. The lowest BCUT2D eigenvalue weighted by Crippen LogP contribution is -1.95. The first-order valence-electron chi connectivity index (χ1n) is 5.28. The molecule has 0 amide bonds. The Morgan fingerprint density at radius 1 is 1.12 bits per heavy atom. The summed E-state index contributed by atoms with van der Waals surface area (Å²) in [5.74, 6) is 0.218. The molecular formula is C14H12BrFO. The Balaban J connectivity index is 2.04. The molecule has 0 aromatic heterocycles. The summed E-state index contributed by atoms with van der Waals surface area (Å²) in [5.41, 5.74) is 2.28. The summed E-state index contributed by atoms with van der Waals surface area (Å²) in [6, 6.07) is 12.6. The van der Waals surface area contributed by atoms with Crippen molar-refractivity contribution in [1.29, 1.82) is 0 Å². The zero-order chi connectivity index (χ0) is 12.3. The van der Waals surface area contributed by atoms with Crippen molar-refractivity contribution in [2.45, 2.75) is 13.5 Å². The Labute approximate surface area is 108 Å². The van der Waals surface area contributed by atoms with Gasteiger partial charge in [-0.1, -0.05) is 45.8 Å². The quantitative estimate of drug-likeness (QED) is 0.811. The minimum atomic E-state index is -0.307. The highest BCUT2D eigenvalue weighted by Gasteiger charge is 2.00. The zero-order valence-corrected chi connectivity index (χ0v) is 11.0. The first-order valence-corrected chi connectivity index (χ1v) is 6.07. The zero-order valence-electron chi connectivity index (χ0n) is 9.41. The van der Waals surface area contributed by atoms with Crippen LogP contribution in [0.5, 0.6) is 5.75 Å². The average molecular weight is 295 g/mol. The van der Waals surface area contributed by atoms with Crippen LogP contribution in [0.3, 0.4) is 0 Å². The van der Waals surface area contributed by atoms with Gasteiger partial charge in [0, 0.05) is 10.5 Å². The fraction of sp³-hybridized carbons (Fsp3) is 0.143. The lowest BCUT2D eigenvalue weighted by atomic mass is 10.2. The second-order valence-corrected chi connectivity index (χ2v) is 4.80. The van der Waals surface area contributed by atoms with Crippen LogP contribution < -0.4 is 4.74 Å². The molecule has 2 aromatic rings. The van der Waals surface area contributed by atoms with Gasteiger partial charge >= 0.3 is 0 Å². The highest BCUT2D eigenvalue weighted by Crippen LogP contribution is 2.21. The summed E-state index contributed by atoms with van der Waals surface area (Å²) in [6.45, 7) is 2.48. The average Bonchev–Trinajstić information content (AvgIpc) is 2.27. The predicted molar refractivity (Wildman–Crippen MR) is 69.6 cm³/mol. The SMILES string of the molecule is Cc1ccc(COc2cc(F)cc(Br)c2)cc1. The van der Waals surface area contributed by atoms with Crippen LogP contribution in [0.25, 0.3) is 0 Å². The molecule has 0 saturated carbocycles. The van der Waals surface area contributed by atoms with Crippen molar-refractivity contribution in [2.24, 2.45) is 0 Å². The molecule has 17 heavy (non-hydrogen) atoms. The largest absolute Gasteiger partial charge is 0.489 e. The van der Waals surface area contributed by atoms with Crippen molar-refractivity contribution in [3.05, 3.63) is 63.9 Å². The summed E-state index contributed by atoms with van der Waals surface area (Å²) >= 11 is 3.23. The van der Waals surface area contributed by atoms with E-state index in [1.54, 1.807) is 6.07 Å². The summed E-state index contributed by atoms with van der Waals surface area (Å²) < 4.78 is 19.3. The fourth-order valence-corrected chi connectivity index (χ4v) is 1.91. The van der Waals surface area contributed by atoms with Gasteiger partial charge in [-0.15, -0.1) is 0 Å². The van der Waals surface area contributed by atoms with Gasteiger partial charge in [-0.05, 0) is 24.6 Å². The van der Waals surface area contributed by atoms with Crippen LogP contribution in [0.15, 0.2) is 46.9 Å². The third kappa shape index (κ3) is 3.56. The van der Waals surface area contributed by atoms with Gasteiger partial charge in [-0.3, -0.25) is 0 Å². The van der Waals surface area contributed by atoms with Crippen LogP contribution in [0, 0.1) is 12.7 Å². The highest BCUT2D eigenvalue weighted by atomic mass is 79.9. The van der Waals surface area contributed by atoms with Gasteiger partial charge in [0.1, 0.15) is 18.2 Å². The minimum Gasteiger partial charge on any atom is -0.489 e. The molecule has 0 N–H and O–H groups in total. The van der Waals surface area contributed by atoms with E-state index in [9.17, 15) is 4.39 Å². The fourth-order valence-electron chi connectivity index (χ4n) is 1.46. The van der Waals surface area contributed by atoms with E-state index in [-0.39, 0.29) is 5.82 Å². The molecule has 1 nitrogen and oxygen atoms in total. The monoisotopic (exact) mass is 294 g/mol. The molecule has 0 fully saturated rings. The second kappa shape index (κ2) is 5.32. The summed E-state index contributed by atoms with van der Waals surface area (Å²) in [7, 11) is 0. The normalized spacial score (nSPS) is 10.3. The molecule has 0 aliphatic heterocycles. The van der Waals surface area contributed by atoms with E-state index in [0.717, 1.165) is 5.56 Å². The summed E-state index contributed by atoms with van der Waals surface area (Å²) in [6.07, 6.45) is 0. The number of halogens is 2. The molecule has 0 aliphatic rings. The molecule has 0 bridgehead atoms. The van der Waals surface area contributed by atoms with Gasteiger partial charge in [0.05, 0.1) is 0 Å². The van der Waals surface area contributed by atoms with E-state index in [0.29, 0.717) is 16.8 Å². The van der Waals surface area contributed by atoms with E-state index in [1.807, 2.05) is 31.2 Å². The van der Waals surface area contributed by atoms with Crippen molar-refractivity contribution < 1.29 is 9.13 Å². The lowest BCUT2D eigenvalue weighted by molar-refractivity contribution is 0.304. The van der Waals surface area contributed by atoms with Crippen molar-refractivity contribution in [3.63, 3.8) is 0 Å². The third-order valence-corrected chi connectivity index (χ3v) is 2.82. The Morgan fingerprint density at radius 2 is 1.82 bits per heavy atom. The van der Waals surface area contributed by atoms with Crippen LogP contribution in [0.2, 0.25) is 0 Å². The molecule has 88 valence electrons. The second-order valence-electron chi connectivity index (χ2n) is 3.88. The Kier molecular flexibility index (Phi) is 3.79. The van der Waals surface area contributed by atoms with Gasteiger partial charge in [0.15, 0.2) is 0 Å². The van der Waals surface area contributed by atoms with Crippen molar-refractivity contribution >= 4 is 15.9 Å². The van der Waals surface area contributed by atoms with Crippen molar-refractivity contribution in [1.82, 2.24) is 0 Å². The van der Waals surface area contributed by atoms with E-state index >= 15 is 0 Å². The van der Waals surface area contributed by atoms with Crippen LogP contribution >= 0.6 is 15.9 Å². The molecular weight excluding hydrogens is 283 g/mol. The highest BCUT2D eigenvalue weighted by molar-refractivity contribution is 9.10. The van der Waals surface area contributed by atoms with Gasteiger partial charge < -0.3 is 4.74 Å². The maximum Gasteiger partial charge on any atom is 0.128 e. The topological polar surface area (TPSA) is 9.23 Å². The maximum absolute atomic E-state index is 13.1. The number of ether oxygens (including phenoxy) is 1. The first kappa shape index (κ1) is 12.1. The molecule has 0 spiro atoms. The number of aryl methyl sites for hydroxylation is 1. The molecule has 2 rings (SSSR count). The van der Waals surface area contributed by atoms with Gasteiger partial charge in [-0.2, -0.15) is 0 Å². The number of hydrogen-bond donors (Lipinski definition) is 0. The standard InChI is InChI=1S/C14H12BrFO/c1-10-2-4-11(5-3-10)9-17-14-7-12(15)6-13(16)8-14/h2-8H,9H2,1H3. The van der Waals surface area contributed by atoms with E-state index in [1.165, 1.54) is 17.7 Å². The summed E-state index contributed by atoms with van der Waals surface area (Å²) in [4.78, 5) is 0. The lowest BCUT2D eigenvalue weighted by Gasteiger charge is -2.07. The van der Waals surface area contributed by atoms with E-state index < -0.39 is 0 Å². The first-order chi connectivity index (χ1) is 8.13. The van der Waals surface area contributed by atoms with Crippen LogP contribution in [0.4, 0.5) is 4.39 Å². The van der Waals surface area contributed by atoms with Crippen LogP contribution in [-0.2, 0) is 6.61 Å². The van der Waals surface area contributed by atoms with Crippen molar-refractivity contribution in [3.8, 4) is 5.75 Å². The van der Waals surface area contributed by atoms with Gasteiger partial charge in [0.2, 0.25) is 0 Å². The summed E-state index contributed by atoms with van der Waals surface area (Å²) in [5, 5.41) is 0. The number of rotatable bonds is 3. The van der Waals surface area contributed by atoms with E-state index in [4.69, 9.17) is 4.74 Å². The molecule has 0 heterocycles. The number of benzene rings is 2. The van der Waals surface area contributed by atoms with Gasteiger partial charge in [0.25, 0.3) is 0 Å². The molecule has 0 unspecified atom stereocenters. The molecule has 3 heteroatoms. The van der Waals surface area contributed by atoms with Crippen LogP contribution in [-0.4, -0.2) is 0 Å². The van der Waals surface area contributed by atoms with E-state index in [2.05, 4.69) is 15.9 Å². The molecule has 0 aliphatic carbocycles. The van der Waals surface area contributed by atoms with Crippen molar-refractivity contribution in [2.75, 3.05) is 0 Å². The van der Waals surface area contributed by atoms with Gasteiger partial charge in [-0.25, -0.2) is 4.39 Å². The molecule has 0 saturated heterocycles. The minimum absolute atomic E-state index is 0.307. The Hall–Kier alpha value is -1.35. The smallest absolute Gasteiger partial charge is 0.128 e. The maximum atomic E-state index is 13.1.